The van der Waals surface area contributed by atoms with Gasteiger partial charge in [0.15, 0.2) is 0 Å². The van der Waals surface area contributed by atoms with E-state index in [1.54, 1.807) is 6.07 Å². The Bertz CT molecular complexity index is 590. The number of nitrogens with zero attached hydrogens (tertiary/aromatic N) is 2. The Hall–Kier alpha value is -1.93. The third kappa shape index (κ3) is 4.52. The van der Waals surface area contributed by atoms with Crippen molar-refractivity contribution < 1.29 is 9.18 Å². The molecule has 1 aliphatic carbocycles. The zero-order chi connectivity index (χ0) is 16.9. The molecule has 1 amide bonds. The van der Waals surface area contributed by atoms with Crippen molar-refractivity contribution in [3.63, 3.8) is 0 Å². The fourth-order valence-corrected chi connectivity index (χ4v) is 3.02. The van der Waals surface area contributed by atoms with Crippen LogP contribution >= 0.6 is 0 Å². The van der Waals surface area contributed by atoms with E-state index < -0.39 is 5.54 Å². The molecule has 0 aliphatic heterocycles. The number of nitrogens with one attached hydrogen (secondary N) is 1. The Labute approximate surface area is 137 Å². The molecule has 5 heteroatoms. The summed E-state index contributed by atoms with van der Waals surface area (Å²) in [7, 11) is 1.83. The normalized spacial score (nSPS) is 18.2. The molecule has 0 spiro atoms. The van der Waals surface area contributed by atoms with Crippen LogP contribution in [0.25, 0.3) is 0 Å². The van der Waals surface area contributed by atoms with Crippen molar-refractivity contribution in [2.75, 3.05) is 7.05 Å². The molecule has 1 aromatic carbocycles. The van der Waals surface area contributed by atoms with Crippen molar-refractivity contribution in [2.45, 2.75) is 57.2 Å². The number of rotatable bonds is 5. The molecule has 2 rings (SSSR count). The highest BCUT2D eigenvalue weighted by molar-refractivity contribution is 5.82. The highest BCUT2D eigenvalue weighted by Crippen LogP contribution is 2.27. The first-order chi connectivity index (χ1) is 11.0. The van der Waals surface area contributed by atoms with Gasteiger partial charge in [-0.2, -0.15) is 5.26 Å². The van der Waals surface area contributed by atoms with Crippen LogP contribution in [0.1, 0.15) is 44.6 Å². The predicted molar refractivity (Wildman–Crippen MR) is 86.9 cm³/mol. The van der Waals surface area contributed by atoms with Gasteiger partial charge in [-0.1, -0.05) is 31.4 Å². The second kappa shape index (κ2) is 7.56. The largest absolute Gasteiger partial charge is 0.336 e. The van der Waals surface area contributed by atoms with Crippen LogP contribution < -0.4 is 5.32 Å². The first-order valence-electron chi connectivity index (χ1n) is 8.14. The SMILES string of the molecule is CC(C(=O)NC1(C#N)CCCCC1)N(C)Cc1cccc(F)c1. The fourth-order valence-electron chi connectivity index (χ4n) is 3.02. The molecule has 1 unspecified atom stereocenters. The van der Waals surface area contributed by atoms with E-state index in [0.29, 0.717) is 6.54 Å². The molecule has 0 heterocycles. The summed E-state index contributed by atoms with van der Waals surface area (Å²) in [4.78, 5) is 14.4. The molecule has 1 saturated carbocycles. The topological polar surface area (TPSA) is 56.1 Å². The Morgan fingerprint density at radius 2 is 2.13 bits per heavy atom. The average molecular weight is 317 g/mol. The van der Waals surface area contributed by atoms with Crippen molar-refractivity contribution in [3.05, 3.63) is 35.6 Å². The smallest absolute Gasteiger partial charge is 0.238 e. The molecule has 0 radical (unpaired) electrons. The van der Waals surface area contributed by atoms with Gasteiger partial charge in [0, 0.05) is 6.54 Å². The lowest BCUT2D eigenvalue weighted by Gasteiger charge is -2.34. The molecule has 0 saturated heterocycles. The minimum atomic E-state index is -0.719. The van der Waals surface area contributed by atoms with Crippen molar-refractivity contribution in [1.82, 2.24) is 10.2 Å². The third-order valence-electron chi connectivity index (χ3n) is 4.65. The molecule has 124 valence electrons. The van der Waals surface area contributed by atoms with Crippen LogP contribution in [0.4, 0.5) is 4.39 Å². The third-order valence-corrected chi connectivity index (χ3v) is 4.65. The van der Waals surface area contributed by atoms with Crippen molar-refractivity contribution >= 4 is 5.91 Å². The lowest BCUT2D eigenvalue weighted by atomic mass is 9.82. The molecule has 0 bridgehead atoms. The molecule has 1 aliphatic rings. The van der Waals surface area contributed by atoms with Gasteiger partial charge in [0.2, 0.25) is 5.91 Å². The fraction of sp³-hybridized carbons (Fsp3) is 0.556. The van der Waals surface area contributed by atoms with Gasteiger partial charge in [0.1, 0.15) is 11.4 Å². The maximum atomic E-state index is 13.2. The second-order valence-electron chi connectivity index (χ2n) is 6.46. The van der Waals surface area contributed by atoms with Gasteiger partial charge in [-0.3, -0.25) is 9.69 Å². The summed E-state index contributed by atoms with van der Waals surface area (Å²) >= 11 is 0. The number of amides is 1. The number of carbonyl (C=O) groups excluding carboxylic acids is 1. The zero-order valence-electron chi connectivity index (χ0n) is 13.8. The number of hydrogen-bond acceptors (Lipinski definition) is 3. The molecule has 1 aromatic rings. The number of hydrogen-bond donors (Lipinski definition) is 1. The minimum absolute atomic E-state index is 0.146. The summed E-state index contributed by atoms with van der Waals surface area (Å²) in [6.07, 6.45) is 4.50. The Morgan fingerprint density at radius 3 is 2.74 bits per heavy atom. The van der Waals surface area contributed by atoms with E-state index in [9.17, 15) is 14.4 Å². The maximum absolute atomic E-state index is 13.2. The van der Waals surface area contributed by atoms with E-state index >= 15 is 0 Å². The van der Waals surface area contributed by atoms with Crippen LogP contribution in [0.5, 0.6) is 0 Å². The lowest BCUT2D eigenvalue weighted by molar-refractivity contribution is -0.127. The summed E-state index contributed by atoms with van der Waals surface area (Å²) in [6, 6.07) is 8.29. The van der Waals surface area contributed by atoms with E-state index in [0.717, 1.165) is 37.7 Å². The van der Waals surface area contributed by atoms with Crippen LogP contribution in [-0.2, 0) is 11.3 Å². The number of nitriles is 1. The molecule has 0 aromatic heterocycles. The van der Waals surface area contributed by atoms with Gasteiger partial charge in [-0.25, -0.2) is 4.39 Å². The van der Waals surface area contributed by atoms with Gasteiger partial charge in [-0.05, 0) is 44.5 Å². The maximum Gasteiger partial charge on any atom is 0.238 e. The molecule has 1 N–H and O–H groups in total. The van der Waals surface area contributed by atoms with Crippen molar-refractivity contribution in [3.8, 4) is 6.07 Å². The predicted octanol–water partition coefficient (Wildman–Crippen LogP) is 2.99. The zero-order valence-corrected chi connectivity index (χ0v) is 13.8. The van der Waals surface area contributed by atoms with Crippen molar-refractivity contribution in [1.29, 1.82) is 5.26 Å². The Balaban J connectivity index is 1.97. The van der Waals surface area contributed by atoms with E-state index in [2.05, 4.69) is 11.4 Å². The van der Waals surface area contributed by atoms with Crippen LogP contribution in [0.2, 0.25) is 0 Å². The lowest BCUT2D eigenvalue weighted by Crippen LogP contribution is -2.54. The van der Waals surface area contributed by atoms with Crippen LogP contribution in [0, 0.1) is 17.1 Å². The first kappa shape index (κ1) is 17.4. The standard InChI is InChI=1S/C18H24FN3O/c1-14(22(2)12-15-7-6-8-16(19)11-15)17(23)21-18(13-20)9-4-3-5-10-18/h6-8,11,14H,3-5,9-10,12H2,1-2H3,(H,21,23). The van der Waals surface area contributed by atoms with Crippen LogP contribution in [-0.4, -0.2) is 29.4 Å². The van der Waals surface area contributed by atoms with Crippen LogP contribution in [0.3, 0.4) is 0 Å². The quantitative estimate of drug-likeness (QED) is 0.908. The summed E-state index contributed by atoms with van der Waals surface area (Å²) in [5, 5.41) is 12.4. The Morgan fingerprint density at radius 1 is 1.43 bits per heavy atom. The summed E-state index contributed by atoms with van der Waals surface area (Å²) in [5.74, 6) is -0.425. The van der Waals surface area contributed by atoms with E-state index in [-0.39, 0.29) is 17.8 Å². The number of benzene rings is 1. The molecular weight excluding hydrogens is 293 g/mol. The molecule has 1 fully saturated rings. The van der Waals surface area contributed by atoms with Gasteiger partial charge < -0.3 is 5.32 Å². The van der Waals surface area contributed by atoms with Gasteiger partial charge in [0.05, 0.1) is 12.1 Å². The monoisotopic (exact) mass is 317 g/mol. The Kier molecular flexibility index (Phi) is 5.73. The van der Waals surface area contributed by atoms with Gasteiger partial charge in [0.25, 0.3) is 0 Å². The average Bonchev–Trinajstić information content (AvgIpc) is 2.55. The molecule has 1 atom stereocenters. The van der Waals surface area contributed by atoms with Crippen LogP contribution in [0.15, 0.2) is 24.3 Å². The van der Waals surface area contributed by atoms with Crippen molar-refractivity contribution in [2.24, 2.45) is 0 Å². The molecular formula is C18H24FN3O. The van der Waals surface area contributed by atoms with E-state index in [4.69, 9.17) is 0 Å². The van der Waals surface area contributed by atoms with E-state index in [1.165, 1.54) is 12.1 Å². The van der Waals surface area contributed by atoms with Gasteiger partial charge in [-0.15, -0.1) is 0 Å². The summed E-state index contributed by atoms with van der Waals surface area (Å²) < 4.78 is 13.2. The molecule has 23 heavy (non-hydrogen) atoms. The number of likely N-dealkylation sites (N-methyl/N-ethyl adjacent to an activating group) is 1. The summed E-state index contributed by atoms with van der Waals surface area (Å²) in [6.45, 7) is 2.29. The first-order valence-corrected chi connectivity index (χ1v) is 8.14. The highest BCUT2D eigenvalue weighted by atomic mass is 19.1. The number of halogens is 1. The molecule has 4 nitrogen and oxygen atoms in total. The van der Waals surface area contributed by atoms with Gasteiger partial charge >= 0.3 is 0 Å². The number of carbonyl (C=O) groups is 1. The van der Waals surface area contributed by atoms with E-state index in [1.807, 2.05) is 24.9 Å². The highest BCUT2D eigenvalue weighted by Gasteiger charge is 2.35. The summed E-state index contributed by atoms with van der Waals surface area (Å²) in [5.41, 5.74) is 0.100. The minimum Gasteiger partial charge on any atom is -0.336 e. The second-order valence-corrected chi connectivity index (χ2v) is 6.46.